The second-order valence-corrected chi connectivity index (χ2v) is 4.35. The van der Waals surface area contributed by atoms with E-state index in [4.69, 9.17) is 15.2 Å². The molecule has 0 saturated carbocycles. The molecule has 20 heavy (non-hydrogen) atoms. The number of rotatable bonds is 4. The largest absolute Gasteiger partial charge is 0.497 e. The summed E-state index contributed by atoms with van der Waals surface area (Å²) in [6, 6.07) is 11.2. The van der Waals surface area contributed by atoms with E-state index in [1.54, 1.807) is 37.4 Å². The maximum absolute atomic E-state index is 13.9. The number of hydrogen-bond donors (Lipinski definition) is 2. The van der Waals surface area contributed by atoms with Crippen LogP contribution in [0.5, 0.6) is 17.2 Å². The lowest BCUT2D eigenvalue weighted by atomic mass is 10.3. The number of methoxy groups -OCH3 is 1. The zero-order chi connectivity index (χ0) is 14.5. The first-order valence-corrected chi connectivity index (χ1v) is 6.17. The number of nitrogens with two attached hydrogens (primary N) is 1. The molecule has 0 amide bonds. The lowest BCUT2D eigenvalue weighted by molar-refractivity contribution is 0.411. The molecule has 0 atom stereocenters. The van der Waals surface area contributed by atoms with Crippen molar-refractivity contribution < 1.29 is 13.9 Å². The summed E-state index contributed by atoms with van der Waals surface area (Å²) in [5.74, 6) is 0.819. The minimum Gasteiger partial charge on any atom is -0.497 e. The maximum Gasteiger partial charge on any atom is 0.168 e. The molecule has 0 aromatic heterocycles. The van der Waals surface area contributed by atoms with Crippen molar-refractivity contribution in [1.82, 2.24) is 0 Å². The van der Waals surface area contributed by atoms with Crippen LogP contribution < -0.4 is 20.5 Å². The topological polar surface area (TPSA) is 56.5 Å². The van der Waals surface area contributed by atoms with E-state index in [2.05, 4.69) is 17.5 Å². The van der Waals surface area contributed by atoms with E-state index in [0.29, 0.717) is 17.2 Å². The van der Waals surface area contributed by atoms with Crippen molar-refractivity contribution in [3.05, 3.63) is 48.3 Å². The summed E-state index contributed by atoms with van der Waals surface area (Å²) < 4.78 is 24.3. The summed E-state index contributed by atoms with van der Waals surface area (Å²) in [6.07, 6.45) is 0. The van der Waals surface area contributed by atoms with E-state index in [1.807, 2.05) is 0 Å². The molecule has 0 radical (unpaired) electrons. The summed E-state index contributed by atoms with van der Waals surface area (Å²) in [7, 11) is 1.57. The smallest absolute Gasteiger partial charge is 0.168 e. The summed E-state index contributed by atoms with van der Waals surface area (Å²) >= 11 is 4.68. The second kappa shape index (κ2) is 6.21. The maximum atomic E-state index is 13.9. The number of hydrogen-bond acceptors (Lipinski definition) is 3. The standard InChI is InChI=1S/C14H13FN2O2S/c1-18-10-3-5-11(6-4-10)19-13-7-2-9(8-12(13)15)17-14(16)20/h2-8H,1H3,(H3,16,17,20). The van der Waals surface area contributed by atoms with Crippen LogP contribution in [0.4, 0.5) is 10.1 Å². The molecule has 3 N–H and O–H groups in total. The Morgan fingerprint density at radius 1 is 1.15 bits per heavy atom. The number of nitrogens with one attached hydrogen (secondary N) is 1. The van der Waals surface area contributed by atoms with Crippen LogP contribution in [0.2, 0.25) is 0 Å². The van der Waals surface area contributed by atoms with Crippen LogP contribution in [0.3, 0.4) is 0 Å². The molecule has 0 aliphatic carbocycles. The van der Waals surface area contributed by atoms with Crippen molar-refractivity contribution in [1.29, 1.82) is 0 Å². The lowest BCUT2D eigenvalue weighted by Crippen LogP contribution is -2.18. The van der Waals surface area contributed by atoms with Gasteiger partial charge in [-0.2, -0.15) is 0 Å². The van der Waals surface area contributed by atoms with Gasteiger partial charge in [0.25, 0.3) is 0 Å². The first-order valence-electron chi connectivity index (χ1n) is 5.76. The fraction of sp³-hybridized carbons (Fsp3) is 0.0714. The normalized spacial score (nSPS) is 9.90. The number of ether oxygens (including phenoxy) is 2. The summed E-state index contributed by atoms with van der Waals surface area (Å²) in [5.41, 5.74) is 5.79. The monoisotopic (exact) mass is 292 g/mol. The summed E-state index contributed by atoms with van der Waals surface area (Å²) in [6.45, 7) is 0. The molecule has 0 bridgehead atoms. The molecule has 6 heteroatoms. The molecule has 2 aromatic carbocycles. The van der Waals surface area contributed by atoms with E-state index in [0.717, 1.165) is 0 Å². The Morgan fingerprint density at radius 2 is 1.80 bits per heavy atom. The number of anilines is 1. The quantitative estimate of drug-likeness (QED) is 0.847. The van der Waals surface area contributed by atoms with Crippen LogP contribution in [0.1, 0.15) is 0 Å². The van der Waals surface area contributed by atoms with Gasteiger partial charge < -0.3 is 20.5 Å². The third kappa shape index (κ3) is 3.58. The second-order valence-electron chi connectivity index (χ2n) is 3.91. The van der Waals surface area contributed by atoms with E-state index in [9.17, 15) is 4.39 Å². The molecular weight excluding hydrogens is 279 g/mol. The highest BCUT2D eigenvalue weighted by Gasteiger charge is 2.06. The van der Waals surface area contributed by atoms with Gasteiger partial charge in [0, 0.05) is 11.8 Å². The third-order valence-corrected chi connectivity index (χ3v) is 2.59. The van der Waals surface area contributed by atoms with Crippen LogP contribution in [-0.2, 0) is 0 Å². The van der Waals surface area contributed by atoms with Crippen molar-refractivity contribution in [3.63, 3.8) is 0 Å². The van der Waals surface area contributed by atoms with E-state index >= 15 is 0 Å². The fourth-order valence-electron chi connectivity index (χ4n) is 1.57. The molecule has 4 nitrogen and oxygen atoms in total. The fourth-order valence-corrected chi connectivity index (χ4v) is 1.69. The van der Waals surface area contributed by atoms with Crippen molar-refractivity contribution in [2.75, 3.05) is 12.4 Å². The average molecular weight is 292 g/mol. The predicted molar refractivity (Wildman–Crippen MR) is 79.9 cm³/mol. The van der Waals surface area contributed by atoms with Crippen LogP contribution in [0.15, 0.2) is 42.5 Å². The van der Waals surface area contributed by atoms with E-state index < -0.39 is 5.82 Å². The van der Waals surface area contributed by atoms with Crippen molar-refractivity contribution in [2.45, 2.75) is 0 Å². The van der Waals surface area contributed by atoms with Gasteiger partial charge >= 0.3 is 0 Å². The number of benzene rings is 2. The highest BCUT2D eigenvalue weighted by atomic mass is 32.1. The molecule has 0 spiro atoms. The minimum absolute atomic E-state index is 0.0771. The first-order chi connectivity index (χ1) is 9.58. The van der Waals surface area contributed by atoms with Gasteiger partial charge in [0.1, 0.15) is 11.5 Å². The molecule has 2 aromatic rings. The van der Waals surface area contributed by atoms with Gasteiger partial charge in [-0.3, -0.25) is 0 Å². The van der Waals surface area contributed by atoms with Crippen LogP contribution in [0, 0.1) is 5.82 Å². The SMILES string of the molecule is COc1ccc(Oc2ccc(NC(N)=S)cc2F)cc1. The minimum atomic E-state index is -0.512. The lowest BCUT2D eigenvalue weighted by Gasteiger charge is -2.09. The van der Waals surface area contributed by atoms with Gasteiger partial charge in [-0.15, -0.1) is 0 Å². The molecule has 0 unspecified atom stereocenters. The van der Waals surface area contributed by atoms with E-state index in [1.165, 1.54) is 12.1 Å². The zero-order valence-electron chi connectivity index (χ0n) is 10.7. The molecule has 0 aliphatic heterocycles. The van der Waals surface area contributed by atoms with Gasteiger partial charge in [-0.05, 0) is 48.6 Å². The Kier molecular flexibility index (Phi) is 4.37. The Hall–Kier alpha value is -2.34. The van der Waals surface area contributed by atoms with Crippen LogP contribution >= 0.6 is 12.2 Å². The van der Waals surface area contributed by atoms with Gasteiger partial charge in [-0.1, -0.05) is 0 Å². The van der Waals surface area contributed by atoms with Crippen LogP contribution in [0.25, 0.3) is 0 Å². The van der Waals surface area contributed by atoms with Crippen molar-refractivity contribution >= 4 is 23.0 Å². The number of thiocarbonyl (C=S) groups is 1. The van der Waals surface area contributed by atoms with Crippen molar-refractivity contribution in [3.8, 4) is 17.2 Å². The first kappa shape index (κ1) is 14.1. The molecule has 104 valence electrons. The summed E-state index contributed by atoms with van der Waals surface area (Å²) in [5, 5.41) is 2.73. The van der Waals surface area contributed by atoms with E-state index in [-0.39, 0.29) is 10.9 Å². The Labute approximate surface area is 121 Å². The highest BCUT2D eigenvalue weighted by molar-refractivity contribution is 7.80. The number of halogens is 1. The highest BCUT2D eigenvalue weighted by Crippen LogP contribution is 2.27. The zero-order valence-corrected chi connectivity index (χ0v) is 11.5. The molecule has 0 aliphatic rings. The van der Waals surface area contributed by atoms with Crippen molar-refractivity contribution in [2.24, 2.45) is 5.73 Å². The molecule has 0 saturated heterocycles. The molecular formula is C14H13FN2O2S. The Bertz CT molecular complexity index is 617. The van der Waals surface area contributed by atoms with Gasteiger partial charge in [0.15, 0.2) is 16.7 Å². The average Bonchev–Trinajstić information content (AvgIpc) is 2.42. The molecule has 2 rings (SSSR count). The predicted octanol–water partition coefficient (Wildman–Crippen LogP) is 3.28. The molecule has 0 fully saturated rings. The van der Waals surface area contributed by atoms with Gasteiger partial charge in [0.05, 0.1) is 7.11 Å². The molecule has 0 heterocycles. The van der Waals surface area contributed by atoms with Gasteiger partial charge in [0.2, 0.25) is 0 Å². The van der Waals surface area contributed by atoms with Crippen LogP contribution in [-0.4, -0.2) is 12.2 Å². The summed E-state index contributed by atoms with van der Waals surface area (Å²) in [4.78, 5) is 0. The third-order valence-electron chi connectivity index (χ3n) is 2.49. The van der Waals surface area contributed by atoms with Gasteiger partial charge in [-0.25, -0.2) is 4.39 Å². The Morgan fingerprint density at radius 3 is 2.35 bits per heavy atom. The Balaban J connectivity index is 2.14.